The van der Waals surface area contributed by atoms with Crippen molar-refractivity contribution >= 4 is 21.4 Å². The van der Waals surface area contributed by atoms with Crippen LogP contribution in [0, 0.1) is 0 Å². The highest BCUT2D eigenvalue weighted by molar-refractivity contribution is 7.91. The van der Waals surface area contributed by atoms with Gasteiger partial charge in [0.05, 0.1) is 10.5 Å². The summed E-state index contributed by atoms with van der Waals surface area (Å²) in [6.45, 7) is 0.792. The molecule has 1 aromatic carbocycles. The van der Waals surface area contributed by atoms with Crippen molar-refractivity contribution in [1.29, 1.82) is 0 Å². The monoisotopic (exact) mass is 399 g/mol. The zero-order chi connectivity index (χ0) is 19.6. The number of rotatable bonds is 5. The summed E-state index contributed by atoms with van der Waals surface area (Å²) in [5, 5.41) is 2.85. The average Bonchev–Trinajstić information content (AvgIpc) is 3.21. The van der Waals surface area contributed by atoms with Gasteiger partial charge >= 0.3 is 0 Å². The molecule has 1 fully saturated rings. The molecule has 8 heteroatoms. The van der Waals surface area contributed by atoms with Crippen LogP contribution in [0.15, 0.2) is 59.9 Å². The number of nitrogens with zero attached hydrogens (tertiary/aromatic N) is 2. The van der Waals surface area contributed by atoms with Gasteiger partial charge in [0, 0.05) is 31.7 Å². The van der Waals surface area contributed by atoms with Crippen LogP contribution < -0.4 is 5.32 Å². The number of pyridine rings is 1. The summed E-state index contributed by atoms with van der Waals surface area (Å²) in [5.74, 6) is -0.206. The molecule has 0 saturated carbocycles. The van der Waals surface area contributed by atoms with Crippen LogP contribution in [0.25, 0.3) is 5.65 Å². The Hall–Kier alpha value is -2.71. The second-order valence-corrected chi connectivity index (χ2v) is 8.87. The predicted octanol–water partition coefficient (Wildman–Crippen LogP) is 2.56. The minimum absolute atomic E-state index is 0.206. The number of ether oxygens (including phenoxy) is 1. The van der Waals surface area contributed by atoms with Crippen molar-refractivity contribution in [3.05, 3.63) is 66.1 Å². The second kappa shape index (κ2) is 7.73. The fraction of sp³-hybridized carbons (Fsp3) is 0.300. The molecule has 3 aromatic rings. The molecular formula is C20H21N3O4S. The Kier molecular flexibility index (Phi) is 5.15. The van der Waals surface area contributed by atoms with Gasteiger partial charge in [-0.05, 0) is 49.1 Å². The van der Waals surface area contributed by atoms with Gasteiger partial charge in [-0.15, -0.1) is 0 Å². The molecule has 0 radical (unpaired) electrons. The van der Waals surface area contributed by atoms with Crippen LogP contribution in [-0.4, -0.2) is 35.8 Å². The van der Waals surface area contributed by atoms with E-state index in [4.69, 9.17) is 4.74 Å². The van der Waals surface area contributed by atoms with Crippen LogP contribution in [0.1, 0.15) is 35.2 Å². The van der Waals surface area contributed by atoms with E-state index in [1.54, 1.807) is 59.4 Å². The van der Waals surface area contributed by atoms with Gasteiger partial charge in [-0.1, -0.05) is 12.1 Å². The lowest BCUT2D eigenvalue weighted by atomic mass is 10.2. The van der Waals surface area contributed by atoms with Crippen LogP contribution in [0.5, 0.6) is 0 Å². The molecule has 1 amide bonds. The number of carbonyl (C=O) groups excluding carboxylic acids is 1. The van der Waals surface area contributed by atoms with Crippen LogP contribution >= 0.6 is 0 Å². The molecule has 1 atom stereocenters. The zero-order valence-corrected chi connectivity index (χ0v) is 16.1. The molecule has 0 aliphatic carbocycles. The molecule has 1 N–H and O–H groups in total. The highest BCUT2D eigenvalue weighted by Gasteiger charge is 2.29. The zero-order valence-electron chi connectivity index (χ0n) is 15.2. The average molecular weight is 399 g/mol. The highest BCUT2D eigenvalue weighted by atomic mass is 32.2. The molecule has 1 aliphatic heterocycles. The van der Waals surface area contributed by atoms with Gasteiger partial charge in [-0.3, -0.25) is 4.79 Å². The number of fused-ring (bicyclic) bond motifs is 1. The predicted molar refractivity (Wildman–Crippen MR) is 104 cm³/mol. The quantitative estimate of drug-likeness (QED) is 0.712. The number of sulfone groups is 1. The third kappa shape index (κ3) is 3.79. The van der Waals surface area contributed by atoms with E-state index in [1.807, 2.05) is 0 Å². The molecule has 146 valence electrons. The number of carbonyl (C=O) groups is 1. The van der Waals surface area contributed by atoms with E-state index in [-0.39, 0.29) is 10.8 Å². The smallest absolute Gasteiger partial charge is 0.253 e. The molecule has 3 heterocycles. The van der Waals surface area contributed by atoms with E-state index in [0.29, 0.717) is 25.1 Å². The van der Waals surface area contributed by atoms with Gasteiger partial charge in [0.1, 0.15) is 5.65 Å². The van der Waals surface area contributed by atoms with Crippen LogP contribution in [-0.2, 0) is 21.1 Å². The largest absolute Gasteiger partial charge is 0.362 e. The Morgan fingerprint density at radius 1 is 1.18 bits per heavy atom. The Balaban J connectivity index is 1.40. The van der Waals surface area contributed by atoms with Crippen molar-refractivity contribution in [2.24, 2.45) is 0 Å². The molecule has 1 aliphatic rings. The molecule has 2 aromatic heterocycles. The van der Waals surface area contributed by atoms with Crippen molar-refractivity contribution in [3.63, 3.8) is 0 Å². The summed E-state index contributed by atoms with van der Waals surface area (Å²) in [6, 6.07) is 10.1. The van der Waals surface area contributed by atoms with Gasteiger partial charge in [0.15, 0.2) is 5.44 Å². The van der Waals surface area contributed by atoms with Gasteiger partial charge in [0.2, 0.25) is 9.84 Å². The number of aromatic nitrogens is 2. The molecule has 0 bridgehead atoms. The summed E-state index contributed by atoms with van der Waals surface area (Å²) >= 11 is 0. The van der Waals surface area contributed by atoms with E-state index in [0.717, 1.165) is 24.1 Å². The Morgan fingerprint density at radius 2 is 2.00 bits per heavy atom. The molecular weight excluding hydrogens is 378 g/mol. The Labute approximate surface area is 163 Å². The lowest BCUT2D eigenvalue weighted by Crippen LogP contribution is -2.28. The fourth-order valence-electron chi connectivity index (χ4n) is 3.24. The lowest BCUT2D eigenvalue weighted by Gasteiger charge is -2.22. The third-order valence-electron chi connectivity index (χ3n) is 4.84. The van der Waals surface area contributed by atoms with E-state index in [1.165, 1.54) is 0 Å². The second-order valence-electron chi connectivity index (χ2n) is 6.78. The first-order chi connectivity index (χ1) is 13.5. The number of hydrogen-bond acceptors (Lipinski definition) is 5. The molecule has 7 nitrogen and oxygen atoms in total. The number of nitrogens with one attached hydrogen (secondary N) is 1. The van der Waals surface area contributed by atoms with Crippen LogP contribution in [0.3, 0.4) is 0 Å². The van der Waals surface area contributed by atoms with Crippen molar-refractivity contribution in [2.45, 2.75) is 36.1 Å². The summed E-state index contributed by atoms with van der Waals surface area (Å²) in [7, 11) is -3.49. The minimum atomic E-state index is -3.49. The van der Waals surface area contributed by atoms with Gasteiger partial charge in [-0.2, -0.15) is 0 Å². The first-order valence-electron chi connectivity index (χ1n) is 9.19. The minimum Gasteiger partial charge on any atom is -0.362 e. The van der Waals surface area contributed by atoms with E-state index < -0.39 is 15.3 Å². The Morgan fingerprint density at radius 3 is 2.75 bits per heavy atom. The highest BCUT2D eigenvalue weighted by Crippen LogP contribution is 2.24. The number of hydrogen-bond donors (Lipinski definition) is 1. The van der Waals surface area contributed by atoms with E-state index in [2.05, 4.69) is 10.3 Å². The normalized spacial score (nSPS) is 17.5. The van der Waals surface area contributed by atoms with Crippen molar-refractivity contribution < 1.29 is 17.9 Å². The third-order valence-corrected chi connectivity index (χ3v) is 6.83. The van der Waals surface area contributed by atoms with Crippen LogP contribution in [0.4, 0.5) is 0 Å². The molecule has 0 spiro atoms. The molecule has 4 rings (SSSR count). The fourth-order valence-corrected chi connectivity index (χ4v) is 4.81. The van der Waals surface area contributed by atoms with Gasteiger partial charge in [-0.25, -0.2) is 13.4 Å². The maximum atomic E-state index is 12.6. The first-order valence-corrected chi connectivity index (χ1v) is 10.7. The lowest BCUT2D eigenvalue weighted by molar-refractivity contribution is 0.0661. The summed E-state index contributed by atoms with van der Waals surface area (Å²) in [6.07, 6.45) is 7.46. The number of amides is 1. The van der Waals surface area contributed by atoms with Gasteiger partial charge in [0.25, 0.3) is 5.91 Å². The maximum Gasteiger partial charge on any atom is 0.253 e. The number of imidazole rings is 1. The van der Waals surface area contributed by atoms with Gasteiger partial charge < -0.3 is 14.5 Å². The molecule has 1 unspecified atom stereocenters. The molecule has 28 heavy (non-hydrogen) atoms. The summed E-state index contributed by atoms with van der Waals surface area (Å²) in [4.78, 5) is 16.8. The van der Waals surface area contributed by atoms with Crippen molar-refractivity contribution in [3.8, 4) is 0 Å². The topological polar surface area (TPSA) is 89.8 Å². The first kappa shape index (κ1) is 18.6. The van der Waals surface area contributed by atoms with Crippen LogP contribution in [0.2, 0.25) is 0 Å². The van der Waals surface area contributed by atoms with E-state index in [9.17, 15) is 13.2 Å². The SMILES string of the molecule is O=C(NCc1ccc(S(=O)(=O)C2CCCCO2)cc1)c1ccc2nccn2c1. The van der Waals surface area contributed by atoms with Crippen molar-refractivity contribution in [1.82, 2.24) is 14.7 Å². The Bertz CT molecular complexity index is 1080. The maximum absolute atomic E-state index is 12.6. The summed E-state index contributed by atoms with van der Waals surface area (Å²) < 4.78 is 32.5. The molecule has 1 saturated heterocycles. The summed E-state index contributed by atoms with van der Waals surface area (Å²) in [5.41, 5.74) is 1.36. The standard InChI is InChI=1S/C20H21N3O4S/c24-20(16-6-9-18-21-10-11-23(18)14-16)22-13-15-4-7-17(8-5-15)28(25,26)19-3-1-2-12-27-19/h4-11,14,19H,1-3,12-13H2,(H,22,24). The van der Waals surface area contributed by atoms with Crippen molar-refractivity contribution in [2.75, 3.05) is 6.61 Å². The van der Waals surface area contributed by atoms with E-state index >= 15 is 0 Å². The number of benzene rings is 1.